The first-order chi connectivity index (χ1) is 10.3. The highest BCUT2D eigenvalue weighted by Gasteiger charge is 2.58. The minimum absolute atomic E-state index is 0.130. The van der Waals surface area contributed by atoms with Crippen LogP contribution in [0.3, 0.4) is 0 Å². The van der Waals surface area contributed by atoms with E-state index in [1.165, 1.54) is 11.3 Å². The topological polar surface area (TPSA) is 67.4 Å². The summed E-state index contributed by atoms with van der Waals surface area (Å²) < 4.78 is 33.1. The summed E-state index contributed by atoms with van der Waals surface area (Å²) in [5.41, 5.74) is 0.130. The van der Waals surface area contributed by atoms with Crippen LogP contribution in [-0.4, -0.2) is 40.3 Å². The van der Waals surface area contributed by atoms with Crippen molar-refractivity contribution in [3.63, 3.8) is 0 Å². The van der Waals surface area contributed by atoms with Gasteiger partial charge in [0.05, 0.1) is 6.10 Å². The first-order valence-corrected chi connectivity index (χ1v) is 10.0. The van der Waals surface area contributed by atoms with E-state index in [0.717, 1.165) is 17.9 Å². The van der Waals surface area contributed by atoms with Crippen LogP contribution in [0.2, 0.25) is 0 Å². The van der Waals surface area contributed by atoms with E-state index in [1.807, 2.05) is 13.0 Å². The predicted octanol–water partition coefficient (Wildman–Crippen LogP) is 1.74. The summed E-state index contributed by atoms with van der Waals surface area (Å²) in [6, 6.07) is 3.90. The smallest absolute Gasteiger partial charge is 0.250 e. The molecule has 3 rings (SSSR count). The van der Waals surface area contributed by atoms with Crippen molar-refractivity contribution < 1.29 is 13.2 Å². The highest BCUT2D eigenvalue weighted by atomic mass is 32.2. The van der Waals surface area contributed by atoms with Gasteiger partial charge in [-0.05, 0) is 25.5 Å². The number of rotatable bonds is 6. The summed E-state index contributed by atoms with van der Waals surface area (Å²) in [6.45, 7) is 8.24. The molecule has 0 radical (unpaired) electrons. The van der Waals surface area contributed by atoms with E-state index < -0.39 is 10.0 Å². The number of hydrogen-bond acceptors (Lipinski definition) is 5. The molecule has 1 saturated carbocycles. The van der Waals surface area contributed by atoms with E-state index in [9.17, 15) is 8.42 Å². The molecular weight excluding hydrogens is 320 g/mol. The van der Waals surface area contributed by atoms with Crippen LogP contribution in [0.1, 0.15) is 25.1 Å². The van der Waals surface area contributed by atoms with Gasteiger partial charge < -0.3 is 10.1 Å². The second-order valence-electron chi connectivity index (χ2n) is 6.76. The molecule has 3 atom stereocenters. The molecule has 1 aromatic rings. The van der Waals surface area contributed by atoms with Crippen molar-refractivity contribution in [1.82, 2.24) is 10.0 Å². The second kappa shape index (κ2) is 5.87. The summed E-state index contributed by atoms with van der Waals surface area (Å²) in [6.07, 6.45) is 1.46. The molecular formula is C15H24N2O3S2. The highest BCUT2D eigenvalue weighted by molar-refractivity contribution is 7.91. The largest absolute Gasteiger partial charge is 0.377 e. The van der Waals surface area contributed by atoms with Gasteiger partial charge in [-0.25, -0.2) is 13.1 Å². The Balaban J connectivity index is 1.48. The first-order valence-electron chi connectivity index (χ1n) is 7.73. The summed E-state index contributed by atoms with van der Waals surface area (Å²) in [4.78, 5) is 1.00. The molecule has 2 fully saturated rings. The quantitative estimate of drug-likeness (QED) is 0.772. The molecule has 0 amide bonds. The Labute approximate surface area is 136 Å². The number of hydrogen-bond donors (Lipinski definition) is 2. The van der Waals surface area contributed by atoms with E-state index in [2.05, 4.69) is 23.9 Å². The standard InChI is InChI=1S/C15H24N2O3S2/c1-10-4-5-12(21-10)22(18,19)17-8-7-16-13-11-6-9-20-14(11)15(13,2)3/h4-5,11,13-14,16-17H,6-9H2,1-3H3/t11-,13-,14+/m1/s1. The number of aryl methyl sites for hydroxylation is 1. The van der Waals surface area contributed by atoms with Crippen LogP contribution in [0.4, 0.5) is 0 Å². The van der Waals surface area contributed by atoms with Crippen LogP contribution < -0.4 is 10.0 Å². The second-order valence-corrected chi connectivity index (χ2v) is 10.0. The number of sulfonamides is 1. The first kappa shape index (κ1) is 16.4. The third-order valence-corrected chi connectivity index (χ3v) is 7.82. The Morgan fingerprint density at radius 3 is 2.82 bits per heavy atom. The molecule has 2 heterocycles. The molecule has 124 valence electrons. The lowest BCUT2D eigenvalue weighted by Gasteiger charge is -2.55. The zero-order chi connectivity index (χ0) is 16.0. The zero-order valence-electron chi connectivity index (χ0n) is 13.3. The van der Waals surface area contributed by atoms with E-state index in [-0.39, 0.29) is 5.41 Å². The Hall–Kier alpha value is -0.470. The lowest BCUT2D eigenvalue weighted by molar-refractivity contribution is -0.112. The lowest BCUT2D eigenvalue weighted by Crippen LogP contribution is -2.66. The van der Waals surface area contributed by atoms with Crippen molar-refractivity contribution >= 4 is 21.4 Å². The van der Waals surface area contributed by atoms with Crippen LogP contribution in [-0.2, 0) is 14.8 Å². The van der Waals surface area contributed by atoms with Crippen molar-refractivity contribution in [1.29, 1.82) is 0 Å². The van der Waals surface area contributed by atoms with Gasteiger partial charge in [0, 0.05) is 41.9 Å². The maximum absolute atomic E-state index is 12.1. The maximum Gasteiger partial charge on any atom is 0.250 e. The number of nitrogens with one attached hydrogen (secondary N) is 2. The van der Waals surface area contributed by atoms with Gasteiger partial charge in [-0.3, -0.25) is 0 Å². The average Bonchev–Trinajstić information content (AvgIpc) is 3.06. The summed E-state index contributed by atoms with van der Waals surface area (Å²) in [5.74, 6) is 0.576. The van der Waals surface area contributed by atoms with Crippen LogP contribution in [0.5, 0.6) is 0 Å². The zero-order valence-corrected chi connectivity index (χ0v) is 14.9. The fraction of sp³-hybridized carbons (Fsp3) is 0.733. The Kier molecular flexibility index (Phi) is 4.37. The molecule has 1 aromatic heterocycles. The Bertz CT molecular complexity index is 639. The van der Waals surface area contributed by atoms with Crippen LogP contribution in [0.15, 0.2) is 16.3 Å². The molecule has 0 unspecified atom stereocenters. The van der Waals surface area contributed by atoms with Gasteiger partial charge in [-0.1, -0.05) is 13.8 Å². The Morgan fingerprint density at radius 1 is 1.36 bits per heavy atom. The van der Waals surface area contributed by atoms with E-state index in [4.69, 9.17) is 4.74 Å². The lowest BCUT2D eigenvalue weighted by atomic mass is 9.57. The van der Waals surface area contributed by atoms with Crippen molar-refractivity contribution in [2.45, 2.75) is 43.5 Å². The van der Waals surface area contributed by atoms with E-state index >= 15 is 0 Å². The highest BCUT2D eigenvalue weighted by Crippen LogP contribution is 2.51. The van der Waals surface area contributed by atoms with Crippen LogP contribution >= 0.6 is 11.3 Å². The Morgan fingerprint density at radius 2 is 2.14 bits per heavy atom. The fourth-order valence-electron chi connectivity index (χ4n) is 3.78. The van der Waals surface area contributed by atoms with Gasteiger partial charge in [-0.15, -0.1) is 11.3 Å². The molecule has 1 aliphatic carbocycles. The molecule has 0 spiro atoms. The normalized spacial score (nSPS) is 30.0. The fourth-order valence-corrected chi connectivity index (χ4v) is 6.14. The minimum Gasteiger partial charge on any atom is -0.377 e. The monoisotopic (exact) mass is 344 g/mol. The molecule has 22 heavy (non-hydrogen) atoms. The van der Waals surface area contributed by atoms with Gasteiger partial charge in [0.15, 0.2) is 0 Å². The molecule has 2 N–H and O–H groups in total. The number of ether oxygens (including phenoxy) is 1. The van der Waals surface area contributed by atoms with Gasteiger partial charge in [0.1, 0.15) is 4.21 Å². The molecule has 5 nitrogen and oxygen atoms in total. The molecule has 0 bridgehead atoms. The van der Waals surface area contributed by atoms with Crippen LogP contribution in [0.25, 0.3) is 0 Å². The average molecular weight is 345 g/mol. The van der Waals surface area contributed by atoms with Crippen molar-refractivity contribution in [2.24, 2.45) is 11.3 Å². The van der Waals surface area contributed by atoms with Crippen molar-refractivity contribution in [2.75, 3.05) is 19.7 Å². The summed E-state index contributed by atoms with van der Waals surface area (Å²) in [7, 11) is -3.37. The number of thiophene rings is 1. The van der Waals surface area contributed by atoms with Gasteiger partial charge in [0.25, 0.3) is 0 Å². The minimum atomic E-state index is -3.37. The molecule has 0 aromatic carbocycles. The molecule has 7 heteroatoms. The number of fused-ring (bicyclic) bond motifs is 1. The van der Waals surface area contributed by atoms with E-state index in [0.29, 0.717) is 35.4 Å². The van der Waals surface area contributed by atoms with E-state index in [1.54, 1.807) is 6.07 Å². The van der Waals surface area contributed by atoms with Gasteiger partial charge >= 0.3 is 0 Å². The maximum atomic E-state index is 12.1. The van der Waals surface area contributed by atoms with Gasteiger partial charge in [-0.2, -0.15) is 0 Å². The third kappa shape index (κ3) is 2.85. The summed E-state index contributed by atoms with van der Waals surface area (Å²) >= 11 is 1.30. The van der Waals surface area contributed by atoms with Gasteiger partial charge in [0.2, 0.25) is 10.0 Å². The van der Waals surface area contributed by atoms with Crippen molar-refractivity contribution in [3.05, 3.63) is 17.0 Å². The van der Waals surface area contributed by atoms with Crippen LogP contribution in [0, 0.1) is 18.3 Å². The molecule has 1 saturated heterocycles. The summed E-state index contributed by atoms with van der Waals surface area (Å²) in [5, 5.41) is 3.51. The SMILES string of the molecule is Cc1ccc(S(=O)(=O)NCCN[C@@H]2[C@H]3CCO[C@@H]3C2(C)C)s1. The molecule has 2 aliphatic rings. The predicted molar refractivity (Wildman–Crippen MR) is 87.7 cm³/mol. The third-order valence-electron chi connectivity index (χ3n) is 4.86. The molecule has 1 aliphatic heterocycles. The van der Waals surface area contributed by atoms with Crippen molar-refractivity contribution in [3.8, 4) is 0 Å².